The molecule has 3 amide bonds. The highest BCUT2D eigenvalue weighted by molar-refractivity contribution is 5.92. The van der Waals surface area contributed by atoms with Gasteiger partial charge in [0.05, 0.1) is 12.2 Å². The van der Waals surface area contributed by atoms with E-state index in [1.54, 1.807) is 6.20 Å². The minimum Gasteiger partial charge on any atom is -0.354 e. The van der Waals surface area contributed by atoms with Crippen molar-refractivity contribution in [1.82, 2.24) is 25.1 Å². The summed E-state index contributed by atoms with van der Waals surface area (Å²) in [5.41, 5.74) is 0.354. The molecule has 27 heavy (non-hydrogen) atoms. The minimum atomic E-state index is -0.105. The summed E-state index contributed by atoms with van der Waals surface area (Å²) in [5.74, 6) is 0.426. The molecule has 0 unspecified atom stereocenters. The van der Waals surface area contributed by atoms with Crippen LogP contribution in [-0.2, 0) is 9.59 Å². The number of piperidine rings is 3. The highest BCUT2D eigenvalue weighted by Gasteiger charge is 2.50. The van der Waals surface area contributed by atoms with Crippen molar-refractivity contribution in [3.05, 3.63) is 24.3 Å². The molecule has 1 aromatic heterocycles. The average Bonchev–Trinajstić information content (AvgIpc) is 2.68. The Morgan fingerprint density at radius 2 is 2.07 bits per heavy atom. The largest absolute Gasteiger partial charge is 0.354 e. The molecule has 4 heterocycles. The van der Waals surface area contributed by atoms with Crippen LogP contribution in [0, 0.1) is 11.8 Å². The Morgan fingerprint density at radius 1 is 1.26 bits per heavy atom. The number of hydrogen-bond acceptors (Lipinski definition) is 5. The summed E-state index contributed by atoms with van der Waals surface area (Å²) in [6.07, 6.45) is 8.00. The second kappa shape index (κ2) is 7.25. The molecule has 8 heteroatoms. The van der Waals surface area contributed by atoms with Gasteiger partial charge in [-0.05, 0) is 31.1 Å². The molecule has 144 valence electrons. The van der Waals surface area contributed by atoms with Crippen LogP contribution >= 0.6 is 0 Å². The van der Waals surface area contributed by atoms with Crippen LogP contribution in [0.4, 0.5) is 0 Å². The third-order valence-electron chi connectivity index (χ3n) is 6.13. The predicted molar refractivity (Wildman–Crippen MR) is 96.5 cm³/mol. The summed E-state index contributed by atoms with van der Waals surface area (Å²) in [6, 6.07) is 0.0964. The molecular weight excluding hydrogens is 346 g/mol. The second-order valence-corrected chi connectivity index (χ2v) is 7.82. The van der Waals surface area contributed by atoms with E-state index in [4.69, 9.17) is 0 Å². The quantitative estimate of drug-likeness (QED) is 0.833. The summed E-state index contributed by atoms with van der Waals surface area (Å²) < 4.78 is 0. The third-order valence-corrected chi connectivity index (χ3v) is 6.13. The molecule has 4 rings (SSSR count). The predicted octanol–water partition coefficient (Wildman–Crippen LogP) is 0.454. The first kappa shape index (κ1) is 17.9. The van der Waals surface area contributed by atoms with E-state index >= 15 is 0 Å². The highest BCUT2D eigenvalue weighted by Crippen LogP contribution is 2.41. The Hall–Kier alpha value is -2.51. The molecule has 0 saturated carbocycles. The number of carbonyl (C=O) groups is 3. The van der Waals surface area contributed by atoms with Crippen LogP contribution in [0.3, 0.4) is 0 Å². The molecule has 3 aliphatic rings. The number of carbonyl (C=O) groups excluding carboxylic acids is 3. The maximum atomic E-state index is 12.9. The highest BCUT2D eigenvalue weighted by atomic mass is 16.2. The first-order chi connectivity index (χ1) is 13.0. The zero-order valence-corrected chi connectivity index (χ0v) is 15.5. The van der Waals surface area contributed by atoms with Crippen LogP contribution in [0.5, 0.6) is 0 Å². The van der Waals surface area contributed by atoms with Gasteiger partial charge >= 0.3 is 0 Å². The van der Waals surface area contributed by atoms with Crippen molar-refractivity contribution in [3.8, 4) is 0 Å². The van der Waals surface area contributed by atoms with Crippen molar-refractivity contribution in [2.45, 2.75) is 44.7 Å². The van der Waals surface area contributed by atoms with Gasteiger partial charge in [0.1, 0.15) is 5.69 Å². The molecular formula is C19H25N5O3. The number of amides is 3. The van der Waals surface area contributed by atoms with Crippen molar-refractivity contribution in [2.24, 2.45) is 11.8 Å². The zero-order valence-electron chi connectivity index (χ0n) is 15.5. The van der Waals surface area contributed by atoms with Gasteiger partial charge < -0.3 is 15.1 Å². The number of nitrogens with zero attached hydrogens (tertiary/aromatic N) is 4. The molecule has 2 bridgehead atoms. The molecule has 8 nitrogen and oxygen atoms in total. The van der Waals surface area contributed by atoms with Crippen LogP contribution in [-0.4, -0.2) is 69.2 Å². The lowest BCUT2D eigenvalue weighted by Crippen LogP contribution is -2.67. The first-order valence-corrected chi connectivity index (χ1v) is 9.65. The lowest BCUT2D eigenvalue weighted by atomic mass is 9.72. The summed E-state index contributed by atoms with van der Waals surface area (Å²) in [5, 5.41) is 2.89. The fourth-order valence-corrected chi connectivity index (χ4v) is 5.02. The molecule has 3 fully saturated rings. The summed E-state index contributed by atoms with van der Waals surface area (Å²) in [7, 11) is 0. The molecule has 0 radical (unpaired) electrons. The number of fused-ring (bicyclic) bond motifs is 4. The molecule has 3 aliphatic heterocycles. The van der Waals surface area contributed by atoms with Crippen molar-refractivity contribution >= 4 is 17.7 Å². The van der Waals surface area contributed by atoms with Crippen LogP contribution in [0.1, 0.15) is 43.1 Å². The van der Waals surface area contributed by atoms with E-state index in [1.807, 2.05) is 9.80 Å². The van der Waals surface area contributed by atoms with Crippen LogP contribution < -0.4 is 5.32 Å². The average molecular weight is 371 g/mol. The number of rotatable bonds is 3. The van der Waals surface area contributed by atoms with Crippen LogP contribution in [0.15, 0.2) is 18.6 Å². The van der Waals surface area contributed by atoms with Gasteiger partial charge in [-0.2, -0.15) is 0 Å². The van der Waals surface area contributed by atoms with Gasteiger partial charge in [-0.3, -0.25) is 19.4 Å². The monoisotopic (exact) mass is 371 g/mol. The Labute approximate surface area is 158 Å². The van der Waals surface area contributed by atoms with Crippen LogP contribution in [0.2, 0.25) is 0 Å². The number of aromatic nitrogens is 2. The van der Waals surface area contributed by atoms with E-state index < -0.39 is 0 Å². The van der Waals surface area contributed by atoms with E-state index in [-0.39, 0.29) is 41.6 Å². The van der Waals surface area contributed by atoms with Crippen LogP contribution in [0.25, 0.3) is 0 Å². The summed E-state index contributed by atoms with van der Waals surface area (Å²) in [4.78, 5) is 49.1. The van der Waals surface area contributed by atoms with Gasteiger partial charge in [-0.25, -0.2) is 4.98 Å². The summed E-state index contributed by atoms with van der Waals surface area (Å²) >= 11 is 0. The topological polar surface area (TPSA) is 95.5 Å². The fraction of sp³-hybridized carbons (Fsp3) is 0.632. The maximum Gasteiger partial charge on any atom is 0.274 e. The number of nitrogens with one attached hydrogen (secondary N) is 1. The van der Waals surface area contributed by atoms with E-state index in [2.05, 4.69) is 15.3 Å². The lowest BCUT2D eigenvalue weighted by molar-refractivity contribution is -0.151. The van der Waals surface area contributed by atoms with Crippen molar-refractivity contribution in [2.75, 3.05) is 19.6 Å². The Kier molecular flexibility index (Phi) is 4.80. The molecule has 0 aliphatic carbocycles. The first-order valence-electron chi connectivity index (χ1n) is 9.65. The van der Waals surface area contributed by atoms with Crippen molar-refractivity contribution in [1.29, 1.82) is 0 Å². The van der Waals surface area contributed by atoms with Gasteiger partial charge in [0.2, 0.25) is 11.8 Å². The number of hydrogen-bond donors (Lipinski definition) is 1. The maximum absolute atomic E-state index is 12.9. The molecule has 1 N–H and O–H groups in total. The Morgan fingerprint density at radius 3 is 2.81 bits per heavy atom. The normalized spacial score (nSPS) is 29.9. The lowest BCUT2D eigenvalue weighted by Gasteiger charge is -2.56. The van der Waals surface area contributed by atoms with Gasteiger partial charge in [0.15, 0.2) is 0 Å². The van der Waals surface area contributed by atoms with E-state index in [1.165, 1.54) is 19.3 Å². The second-order valence-electron chi connectivity index (χ2n) is 7.82. The van der Waals surface area contributed by atoms with E-state index in [0.29, 0.717) is 31.7 Å². The SMILES string of the molecule is CC(=O)NC[C@H]1[C@H]2C[C@H](CN(C(=O)c3cnccn3)C2)[C@@H]2CCCC(=O)N21. The van der Waals surface area contributed by atoms with Gasteiger partial charge in [-0.15, -0.1) is 0 Å². The minimum absolute atomic E-state index is 0.0552. The van der Waals surface area contributed by atoms with Gasteiger partial charge in [0, 0.05) is 51.4 Å². The molecule has 0 aromatic carbocycles. The summed E-state index contributed by atoms with van der Waals surface area (Å²) in [6.45, 7) is 3.16. The third kappa shape index (κ3) is 3.40. The Bertz CT molecular complexity index is 740. The molecule has 0 spiro atoms. The fourth-order valence-electron chi connectivity index (χ4n) is 5.02. The molecule has 4 atom stereocenters. The van der Waals surface area contributed by atoms with Crippen molar-refractivity contribution in [3.63, 3.8) is 0 Å². The van der Waals surface area contributed by atoms with E-state index in [0.717, 1.165) is 19.3 Å². The smallest absolute Gasteiger partial charge is 0.274 e. The van der Waals surface area contributed by atoms with Gasteiger partial charge in [-0.1, -0.05) is 0 Å². The zero-order chi connectivity index (χ0) is 19.0. The van der Waals surface area contributed by atoms with E-state index in [9.17, 15) is 14.4 Å². The molecule has 3 saturated heterocycles. The Balaban J connectivity index is 1.59. The van der Waals surface area contributed by atoms with Crippen molar-refractivity contribution < 1.29 is 14.4 Å². The molecule has 1 aromatic rings. The standard InChI is InChI=1S/C19H25N5O3/c1-12(25)22-9-17-14-7-13(16-3-2-4-18(26)24(16)17)10-23(11-14)19(27)15-8-20-5-6-21-15/h5-6,8,13-14,16-17H,2-4,7,9-11H2,1H3,(H,22,25)/t13-,14+,16+,17+/m1/s1. The van der Waals surface area contributed by atoms with Gasteiger partial charge in [0.25, 0.3) is 5.91 Å². The number of likely N-dealkylation sites (tertiary alicyclic amines) is 1.